The van der Waals surface area contributed by atoms with Gasteiger partial charge in [0.05, 0.1) is 16.8 Å². The van der Waals surface area contributed by atoms with E-state index in [4.69, 9.17) is 0 Å². The molecule has 0 aromatic heterocycles. The van der Waals surface area contributed by atoms with Crippen LogP contribution >= 0.6 is 0 Å². The van der Waals surface area contributed by atoms with E-state index >= 15 is 0 Å². The minimum atomic E-state index is -4.59. The van der Waals surface area contributed by atoms with Crippen LogP contribution in [0.2, 0.25) is 0 Å². The zero-order valence-corrected chi connectivity index (χ0v) is 26.2. The standard InChI is InChI=1S/C36H48O6S/c37-34-12-21-1-22(13-34)7-31(6-21,18-34)27-4-28(32-8-23-2-24(9-32)15-35(38,14-23)19-32)30(43(40,41)42)29(5-27)33-10-25-3-26(11-33)17-36(39,16-25)20-33/h4-5,21-26,37-39H,1-3,6-20H2,(H,40,41,42). The van der Waals surface area contributed by atoms with Gasteiger partial charge in [-0.1, -0.05) is 12.1 Å². The summed E-state index contributed by atoms with van der Waals surface area (Å²) >= 11 is 0. The Balaban J connectivity index is 1.24. The molecule has 0 amide bonds. The predicted molar refractivity (Wildman–Crippen MR) is 160 cm³/mol. The van der Waals surface area contributed by atoms with Crippen LogP contribution in [0.1, 0.15) is 132 Å². The lowest BCUT2D eigenvalue weighted by Crippen LogP contribution is -2.59. The molecule has 234 valence electrons. The molecule has 0 aliphatic heterocycles. The molecule has 1 aromatic carbocycles. The molecule has 13 rings (SSSR count). The van der Waals surface area contributed by atoms with E-state index in [0.29, 0.717) is 48.3 Å². The summed E-state index contributed by atoms with van der Waals surface area (Å²) < 4.78 is 38.9. The molecule has 0 saturated heterocycles. The highest BCUT2D eigenvalue weighted by molar-refractivity contribution is 7.86. The SMILES string of the molecule is O=S(=O)(O)c1c(C23CC4CC(CC(O)(C4)C2)C3)cc(C23CC4CC(CC(O)(C4)C2)C3)cc1C12CC3CC(CC(O)(C3)C1)C2. The Bertz CT molecular complexity index is 1430. The molecule has 12 fully saturated rings. The van der Waals surface area contributed by atoms with Crippen molar-refractivity contribution >= 4 is 10.1 Å². The highest BCUT2D eigenvalue weighted by atomic mass is 32.2. The molecule has 43 heavy (non-hydrogen) atoms. The molecule has 6 atom stereocenters. The van der Waals surface area contributed by atoms with Crippen molar-refractivity contribution in [1.29, 1.82) is 0 Å². The first-order chi connectivity index (χ1) is 20.2. The average Bonchev–Trinajstić information content (AvgIpc) is 2.83. The van der Waals surface area contributed by atoms with E-state index in [-0.39, 0.29) is 10.3 Å². The molecule has 6 unspecified atom stereocenters. The molecule has 12 aliphatic rings. The Kier molecular flexibility index (Phi) is 5.00. The van der Waals surface area contributed by atoms with Crippen molar-refractivity contribution in [3.8, 4) is 0 Å². The number of hydrogen-bond acceptors (Lipinski definition) is 5. The van der Waals surface area contributed by atoms with Gasteiger partial charge in [0.25, 0.3) is 10.1 Å². The van der Waals surface area contributed by atoms with E-state index < -0.39 is 37.8 Å². The third-order valence-electron chi connectivity index (χ3n) is 15.2. The van der Waals surface area contributed by atoms with E-state index in [9.17, 15) is 28.3 Å². The van der Waals surface area contributed by atoms with E-state index in [0.717, 1.165) is 107 Å². The van der Waals surface area contributed by atoms with Gasteiger partial charge in [0.15, 0.2) is 0 Å². The van der Waals surface area contributed by atoms with Crippen LogP contribution in [0.25, 0.3) is 0 Å². The second-order valence-corrected chi connectivity index (χ2v) is 20.1. The lowest BCUT2D eigenvalue weighted by Gasteiger charge is -2.63. The van der Waals surface area contributed by atoms with Crippen LogP contribution in [0.4, 0.5) is 0 Å². The summed E-state index contributed by atoms with van der Waals surface area (Å²) in [6.07, 6.45) is 15.9. The molecule has 0 radical (unpaired) electrons. The summed E-state index contributed by atoms with van der Waals surface area (Å²) in [5, 5.41) is 35.4. The number of benzene rings is 1. The van der Waals surface area contributed by atoms with Gasteiger partial charge in [-0.25, -0.2) is 0 Å². The van der Waals surface area contributed by atoms with Crippen molar-refractivity contribution in [2.45, 2.75) is 154 Å². The van der Waals surface area contributed by atoms with Gasteiger partial charge in [-0.2, -0.15) is 8.42 Å². The molecule has 12 bridgehead atoms. The molecule has 7 heteroatoms. The number of rotatable bonds is 4. The first kappa shape index (κ1) is 27.2. The second kappa shape index (κ2) is 7.93. The quantitative estimate of drug-likeness (QED) is 0.327. The van der Waals surface area contributed by atoms with Crippen molar-refractivity contribution in [3.05, 3.63) is 28.8 Å². The summed E-state index contributed by atoms with van der Waals surface area (Å²) in [5.41, 5.74) is -0.537. The largest absolute Gasteiger partial charge is 0.390 e. The van der Waals surface area contributed by atoms with Gasteiger partial charge in [0.1, 0.15) is 4.90 Å². The maximum Gasteiger partial charge on any atom is 0.295 e. The number of aliphatic hydroxyl groups is 3. The predicted octanol–water partition coefficient (Wildman–Crippen LogP) is 5.68. The van der Waals surface area contributed by atoms with Crippen molar-refractivity contribution in [2.24, 2.45) is 35.5 Å². The fraction of sp³-hybridized carbons (Fsp3) is 0.833. The summed E-state index contributed by atoms with van der Waals surface area (Å²) in [5.74, 6) is 2.53. The summed E-state index contributed by atoms with van der Waals surface area (Å²) in [7, 11) is -4.59. The second-order valence-electron chi connectivity index (χ2n) is 18.8. The van der Waals surface area contributed by atoms with E-state index in [1.54, 1.807) is 0 Å². The van der Waals surface area contributed by atoms with Crippen LogP contribution in [-0.2, 0) is 26.4 Å². The normalized spacial score (nSPS) is 55.4. The van der Waals surface area contributed by atoms with Gasteiger partial charge in [-0.3, -0.25) is 4.55 Å². The Morgan fingerprint density at radius 1 is 0.512 bits per heavy atom. The first-order valence-electron chi connectivity index (χ1n) is 17.5. The van der Waals surface area contributed by atoms with Crippen LogP contribution in [0.5, 0.6) is 0 Å². The minimum absolute atomic E-state index is 0.135. The van der Waals surface area contributed by atoms with Crippen LogP contribution in [0, 0.1) is 35.5 Å². The molecule has 6 nitrogen and oxygen atoms in total. The van der Waals surface area contributed by atoms with Crippen LogP contribution < -0.4 is 0 Å². The van der Waals surface area contributed by atoms with Crippen molar-refractivity contribution in [2.75, 3.05) is 0 Å². The van der Waals surface area contributed by atoms with E-state index in [2.05, 4.69) is 12.1 Å². The maximum atomic E-state index is 13.8. The third-order valence-corrected chi connectivity index (χ3v) is 16.1. The van der Waals surface area contributed by atoms with E-state index in [1.807, 2.05) is 0 Å². The van der Waals surface area contributed by atoms with Gasteiger partial charge in [-0.15, -0.1) is 0 Å². The maximum absolute atomic E-state index is 13.8. The molecule has 4 N–H and O–H groups in total. The van der Waals surface area contributed by atoms with Crippen LogP contribution in [0.3, 0.4) is 0 Å². The first-order valence-corrected chi connectivity index (χ1v) is 18.9. The Morgan fingerprint density at radius 3 is 1.12 bits per heavy atom. The fourth-order valence-electron chi connectivity index (χ4n) is 15.6. The molecule has 0 spiro atoms. The smallest absolute Gasteiger partial charge is 0.295 e. The molecule has 1 aromatic rings. The Labute approximate surface area is 255 Å². The summed E-state index contributed by atoms with van der Waals surface area (Å²) in [6, 6.07) is 4.38. The van der Waals surface area contributed by atoms with Gasteiger partial charge in [0, 0.05) is 0 Å². The highest BCUT2D eigenvalue weighted by Gasteiger charge is 2.63. The average molecular weight is 609 g/mol. The zero-order chi connectivity index (χ0) is 29.4. The zero-order valence-electron chi connectivity index (χ0n) is 25.4. The highest BCUT2D eigenvalue weighted by Crippen LogP contribution is 2.68. The Hall–Kier alpha value is -0.990. The van der Waals surface area contributed by atoms with Crippen molar-refractivity contribution in [3.63, 3.8) is 0 Å². The van der Waals surface area contributed by atoms with Gasteiger partial charge >= 0.3 is 0 Å². The number of hydrogen-bond donors (Lipinski definition) is 4. The fourth-order valence-corrected chi connectivity index (χ4v) is 16.7. The molecular formula is C36H48O6S. The molecule has 12 saturated carbocycles. The minimum Gasteiger partial charge on any atom is -0.390 e. The molecule has 12 aliphatic carbocycles. The van der Waals surface area contributed by atoms with Gasteiger partial charge in [-0.05, 0) is 184 Å². The third kappa shape index (κ3) is 3.75. The summed E-state index contributed by atoms with van der Waals surface area (Å²) in [4.78, 5) is 0.135. The van der Waals surface area contributed by atoms with Crippen LogP contribution in [-0.4, -0.2) is 45.1 Å². The lowest BCUT2D eigenvalue weighted by molar-refractivity contribution is -0.140. The Morgan fingerprint density at radius 2 is 0.814 bits per heavy atom. The lowest BCUT2D eigenvalue weighted by atomic mass is 9.43. The van der Waals surface area contributed by atoms with E-state index in [1.165, 1.54) is 12.0 Å². The summed E-state index contributed by atoms with van der Waals surface area (Å²) in [6.45, 7) is 0. The van der Waals surface area contributed by atoms with Crippen molar-refractivity contribution in [1.82, 2.24) is 0 Å². The van der Waals surface area contributed by atoms with Gasteiger partial charge < -0.3 is 15.3 Å². The molecular weight excluding hydrogens is 560 g/mol. The van der Waals surface area contributed by atoms with Gasteiger partial charge in [0.2, 0.25) is 0 Å². The molecule has 0 heterocycles. The monoisotopic (exact) mass is 608 g/mol. The van der Waals surface area contributed by atoms with Crippen LogP contribution in [0.15, 0.2) is 17.0 Å². The topological polar surface area (TPSA) is 115 Å². The van der Waals surface area contributed by atoms with Crippen molar-refractivity contribution < 1.29 is 28.3 Å².